The molecule has 0 atom stereocenters. The Hall–Kier alpha value is -1.63. The number of amides is 3. The van der Waals surface area contributed by atoms with E-state index >= 15 is 0 Å². The van der Waals surface area contributed by atoms with E-state index < -0.39 is 17.4 Å². The number of hydrogen-bond acceptors (Lipinski definition) is 4. The van der Waals surface area contributed by atoms with Crippen LogP contribution in [0.2, 0.25) is 0 Å². The molecule has 7 nitrogen and oxygen atoms in total. The van der Waals surface area contributed by atoms with Crippen molar-refractivity contribution < 1.29 is 19.5 Å². The van der Waals surface area contributed by atoms with Gasteiger partial charge in [0.1, 0.15) is 0 Å². The van der Waals surface area contributed by atoms with Gasteiger partial charge >= 0.3 is 12.0 Å². The van der Waals surface area contributed by atoms with Gasteiger partial charge in [0.15, 0.2) is 0 Å². The normalized spacial score (nSPS) is 18.3. The van der Waals surface area contributed by atoms with Crippen molar-refractivity contribution in [1.82, 2.24) is 15.5 Å². The van der Waals surface area contributed by atoms with E-state index in [1.165, 1.54) is 0 Å². The highest BCUT2D eigenvalue weighted by Crippen LogP contribution is 2.34. The van der Waals surface area contributed by atoms with E-state index in [9.17, 15) is 19.5 Å². The summed E-state index contributed by atoms with van der Waals surface area (Å²) >= 11 is 0. The van der Waals surface area contributed by atoms with Gasteiger partial charge in [0, 0.05) is 6.54 Å². The molecule has 0 bridgehead atoms. The number of carbonyl (C=O) groups is 3. The molecule has 1 fully saturated rings. The zero-order chi connectivity index (χ0) is 15.2. The topological polar surface area (TPSA) is 98.7 Å². The molecule has 3 amide bonds. The Morgan fingerprint density at radius 3 is 2.25 bits per heavy atom. The highest BCUT2D eigenvalue weighted by molar-refractivity contribution is 5.95. The maximum Gasteiger partial charge on any atom is 0.321 e. The van der Waals surface area contributed by atoms with Crippen LogP contribution in [0.25, 0.3) is 0 Å². The summed E-state index contributed by atoms with van der Waals surface area (Å²) < 4.78 is 0. The van der Waals surface area contributed by atoms with Gasteiger partial charge in [0.25, 0.3) is 0 Å². The molecule has 1 aliphatic rings. The standard InChI is InChI=1S/C13H23N3O4/c1-3-13(11(18)19)5-7-16(8-6-13)9-10(17)15-12(20)14-4-2/h3-9H2,1-2H3,(H,18,19)(H2,14,15,17,20). The number of nitrogens with one attached hydrogen (secondary N) is 2. The van der Waals surface area contributed by atoms with E-state index in [1.54, 1.807) is 6.92 Å². The fourth-order valence-electron chi connectivity index (χ4n) is 2.43. The highest BCUT2D eigenvalue weighted by atomic mass is 16.4. The molecule has 1 rings (SSSR count). The van der Waals surface area contributed by atoms with Gasteiger partial charge in [0.05, 0.1) is 12.0 Å². The Balaban J connectivity index is 2.41. The minimum Gasteiger partial charge on any atom is -0.481 e. The van der Waals surface area contributed by atoms with Crippen LogP contribution in [0.1, 0.15) is 33.1 Å². The summed E-state index contributed by atoms with van der Waals surface area (Å²) in [5.41, 5.74) is -0.660. The first-order valence-electron chi connectivity index (χ1n) is 6.97. The summed E-state index contributed by atoms with van der Waals surface area (Å²) in [6, 6.07) is -0.497. The molecule has 0 saturated carbocycles. The molecule has 3 N–H and O–H groups in total. The van der Waals surface area contributed by atoms with E-state index in [-0.39, 0.29) is 12.5 Å². The number of nitrogens with zero attached hydrogens (tertiary/aromatic N) is 1. The summed E-state index contributed by atoms with van der Waals surface area (Å²) in [6.07, 6.45) is 1.67. The number of piperidine rings is 1. The van der Waals surface area contributed by atoms with Gasteiger partial charge in [-0.1, -0.05) is 6.92 Å². The van der Waals surface area contributed by atoms with Crippen molar-refractivity contribution in [2.75, 3.05) is 26.2 Å². The lowest BCUT2D eigenvalue weighted by Gasteiger charge is -2.37. The number of carboxylic acids is 1. The van der Waals surface area contributed by atoms with Crippen molar-refractivity contribution in [2.24, 2.45) is 5.41 Å². The molecule has 0 radical (unpaired) electrons. The molecule has 0 spiro atoms. The number of carboxylic acid groups (broad SMARTS) is 1. The molecule has 7 heteroatoms. The van der Waals surface area contributed by atoms with E-state index in [0.29, 0.717) is 38.9 Å². The number of likely N-dealkylation sites (tertiary alicyclic amines) is 1. The van der Waals surface area contributed by atoms with Gasteiger partial charge in [-0.2, -0.15) is 0 Å². The molecule has 114 valence electrons. The second-order valence-corrected chi connectivity index (χ2v) is 5.12. The highest BCUT2D eigenvalue weighted by Gasteiger charge is 2.39. The average Bonchev–Trinajstić information content (AvgIpc) is 2.39. The Labute approximate surface area is 118 Å². The van der Waals surface area contributed by atoms with Crippen LogP contribution in [0, 0.1) is 5.41 Å². The van der Waals surface area contributed by atoms with Crippen LogP contribution >= 0.6 is 0 Å². The van der Waals surface area contributed by atoms with Crippen molar-refractivity contribution in [2.45, 2.75) is 33.1 Å². The smallest absolute Gasteiger partial charge is 0.321 e. The number of rotatable bonds is 5. The predicted octanol–water partition coefficient (Wildman–Crippen LogP) is 0.409. The molecule has 0 aromatic carbocycles. The number of imide groups is 1. The Morgan fingerprint density at radius 2 is 1.80 bits per heavy atom. The first-order chi connectivity index (χ1) is 9.43. The zero-order valence-corrected chi connectivity index (χ0v) is 12.1. The number of aliphatic carboxylic acids is 1. The monoisotopic (exact) mass is 285 g/mol. The second-order valence-electron chi connectivity index (χ2n) is 5.12. The molecule has 0 unspecified atom stereocenters. The van der Waals surface area contributed by atoms with Gasteiger partial charge in [-0.15, -0.1) is 0 Å². The molecule has 0 aromatic rings. The van der Waals surface area contributed by atoms with Crippen molar-refractivity contribution in [3.63, 3.8) is 0 Å². The van der Waals surface area contributed by atoms with E-state index in [0.717, 1.165) is 0 Å². The molecule has 20 heavy (non-hydrogen) atoms. The second kappa shape index (κ2) is 7.23. The van der Waals surface area contributed by atoms with E-state index in [1.807, 2.05) is 11.8 Å². The Bertz CT molecular complexity index is 376. The SMILES string of the molecule is CCNC(=O)NC(=O)CN1CCC(CC)(C(=O)O)CC1. The third-order valence-corrected chi connectivity index (χ3v) is 3.90. The van der Waals surface area contributed by atoms with Crippen LogP contribution in [0.5, 0.6) is 0 Å². The van der Waals surface area contributed by atoms with Crippen LogP contribution < -0.4 is 10.6 Å². The number of carbonyl (C=O) groups excluding carboxylic acids is 2. The fourth-order valence-corrected chi connectivity index (χ4v) is 2.43. The van der Waals surface area contributed by atoms with Crippen LogP contribution in [-0.4, -0.2) is 54.1 Å². The largest absolute Gasteiger partial charge is 0.481 e. The lowest BCUT2D eigenvalue weighted by molar-refractivity contribution is -0.152. The molecular weight excluding hydrogens is 262 g/mol. The first-order valence-corrected chi connectivity index (χ1v) is 6.97. The first kappa shape index (κ1) is 16.4. The zero-order valence-electron chi connectivity index (χ0n) is 12.1. The summed E-state index contributed by atoms with van der Waals surface area (Å²) in [6.45, 7) is 5.35. The quantitative estimate of drug-likeness (QED) is 0.679. The van der Waals surface area contributed by atoms with Gasteiger partial charge in [0.2, 0.25) is 5.91 Å². The number of urea groups is 1. The lowest BCUT2D eigenvalue weighted by Crippen LogP contribution is -2.49. The predicted molar refractivity (Wildman–Crippen MR) is 73.2 cm³/mol. The maximum atomic E-state index is 11.6. The Kier molecular flexibility index (Phi) is 5.94. The van der Waals surface area contributed by atoms with Crippen molar-refractivity contribution >= 4 is 17.9 Å². The molecule has 1 heterocycles. The van der Waals surface area contributed by atoms with Gasteiger partial charge in [-0.25, -0.2) is 4.79 Å². The van der Waals surface area contributed by atoms with Crippen molar-refractivity contribution in [1.29, 1.82) is 0 Å². The van der Waals surface area contributed by atoms with E-state index in [4.69, 9.17) is 0 Å². The van der Waals surface area contributed by atoms with Crippen LogP contribution in [0.3, 0.4) is 0 Å². The molecular formula is C13H23N3O4. The molecule has 0 aromatic heterocycles. The molecule has 0 aliphatic carbocycles. The number of hydrogen-bond donors (Lipinski definition) is 3. The average molecular weight is 285 g/mol. The van der Waals surface area contributed by atoms with Gasteiger partial charge < -0.3 is 10.4 Å². The summed E-state index contributed by atoms with van der Waals surface area (Å²) in [4.78, 5) is 36.0. The van der Waals surface area contributed by atoms with Crippen LogP contribution in [0.15, 0.2) is 0 Å². The Morgan fingerprint density at radius 1 is 1.20 bits per heavy atom. The van der Waals surface area contributed by atoms with Crippen LogP contribution in [0.4, 0.5) is 4.79 Å². The maximum absolute atomic E-state index is 11.6. The minimum absolute atomic E-state index is 0.122. The van der Waals surface area contributed by atoms with E-state index in [2.05, 4.69) is 10.6 Å². The summed E-state index contributed by atoms with van der Waals surface area (Å²) in [5, 5.41) is 14.0. The van der Waals surface area contributed by atoms with Crippen LogP contribution in [-0.2, 0) is 9.59 Å². The summed E-state index contributed by atoms with van der Waals surface area (Å²) in [5.74, 6) is -1.12. The fraction of sp³-hybridized carbons (Fsp3) is 0.769. The third-order valence-electron chi connectivity index (χ3n) is 3.90. The van der Waals surface area contributed by atoms with Gasteiger partial charge in [-0.05, 0) is 39.3 Å². The minimum atomic E-state index is -0.758. The summed E-state index contributed by atoms with van der Waals surface area (Å²) in [7, 11) is 0. The van der Waals surface area contributed by atoms with Crippen molar-refractivity contribution in [3.05, 3.63) is 0 Å². The van der Waals surface area contributed by atoms with Gasteiger partial charge in [-0.3, -0.25) is 19.8 Å². The third kappa shape index (κ3) is 4.19. The van der Waals surface area contributed by atoms with Crippen molar-refractivity contribution in [3.8, 4) is 0 Å². The molecule has 1 saturated heterocycles. The lowest BCUT2D eigenvalue weighted by atomic mass is 9.76. The molecule has 1 aliphatic heterocycles.